The van der Waals surface area contributed by atoms with Gasteiger partial charge in [0.2, 0.25) is 0 Å². The van der Waals surface area contributed by atoms with Crippen LogP contribution in [0.3, 0.4) is 0 Å². The summed E-state index contributed by atoms with van der Waals surface area (Å²) in [6.07, 6.45) is 0.572. The largest absolute Gasteiger partial charge is 0.341 e. The van der Waals surface area contributed by atoms with Crippen molar-refractivity contribution in [3.63, 3.8) is 0 Å². The standard InChI is InChI=1S/C14H20FN3O3.ClH/c1-9(2)12(16)6-7-17(3)14(19)11-8-10(15)4-5-13(11)18(20)21;/h4-5,8-9,12H,6-7,16H2,1-3H3;1H. The van der Waals surface area contributed by atoms with Crippen LogP contribution < -0.4 is 5.73 Å². The number of rotatable bonds is 6. The summed E-state index contributed by atoms with van der Waals surface area (Å²) in [6.45, 7) is 4.31. The average Bonchev–Trinajstić information content (AvgIpc) is 2.42. The van der Waals surface area contributed by atoms with Gasteiger partial charge in [-0.3, -0.25) is 14.9 Å². The van der Waals surface area contributed by atoms with Crippen molar-refractivity contribution in [1.29, 1.82) is 0 Å². The Labute approximate surface area is 135 Å². The summed E-state index contributed by atoms with van der Waals surface area (Å²) in [4.78, 5) is 23.8. The average molecular weight is 334 g/mol. The van der Waals surface area contributed by atoms with Crippen molar-refractivity contribution in [3.8, 4) is 0 Å². The number of nitro groups is 1. The maximum atomic E-state index is 13.2. The summed E-state index contributed by atoms with van der Waals surface area (Å²) in [5, 5.41) is 10.9. The number of carbonyl (C=O) groups excluding carboxylic acids is 1. The number of nitro benzene ring substituents is 1. The van der Waals surface area contributed by atoms with E-state index in [0.717, 1.165) is 18.2 Å². The number of nitrogens with two attached hydrogens (primary N) is 1. The van der Waals surface area contributed by atoms with Gasteiger partial charge in [0.1, 0.15) is 11.4 Å². The Hall–Kier alpha value is -1.73. The van der Waals surface area contributed by atoms with Crippen molar-refractivity contribution < 1.29 is 14.1 Å². The summed E-state index contributed by atoms with van der Waals surface area (Å²) in [5.41, 5.74) is 5.25. The van der Waals surface area contributed by atoms with Gasteiger partial charge in [-0.05, 0) is 24.5 Å². The minimum Gasteiger partial charge on any atom is -0.341 e. The van der Waals surface area contributed by atoms with Gasteiger partial charge in [0.15, 0.2) is 0 Å². The lowest BCUT2D eigenvalue weighted by molar-refractivity contribution is -0.385. The molecule has 124 valence electrons. The highest BCUT2D eigenvalue weighted by Gasteiger charge is 2.24. The van der Waals surface area contributed by atoms with Crippen LogP contribution in [0.25, 0.3) is 0 Å². The van der Waals surface area contributed by atoms with Gasteiger partial charge in [-0.1, -0.05) is 13.8 Å². The highest BCUT2D eigenvalue weighted by atomic mass is 35.5. The van der Waals surface area contributed by atoms with Gasteiger partial charge in [0, 0.05) is 25.7 Å². The monoisotopic (exact) mass is 333 g/mol. The van der Waals surface area contributed by atoms with Crippen LogP contribution in [0.2, 0.25) is 0 Å². The fourth-order valence-electron chi connectivity index (χ4n) is 1.82. The minimum atomic E-state index is -0.694. The summed E-state index contributed by atoms with van der Waals surface area (Å²) in [7, 11) is 1.52. The number of halogens is 2. The molecular formula is C14H21ClFN3O3. The number of hydrogen-bond acceptors (Lipinski definition) is 4. The Balaban J connectivity index is 0.00000441. The molecule has 0 aliphatic rings. The Morgan fingerprint density at radius 1 is 1.45 bits per heavy atom. The lowest BCUT2D eigenvalue weighted by Gasteiger charge is -2.21. The lowest BCUT2D eigenvalue weighted by atomic mass is 10.0. The molecule has 0 spiro atoms. The first-order valence-corrected chi connectivity index (χ1v) is 6.69. The lowest BCUT2D eigenvalue weighted by Crippen LogP contribution is -2.34. The molecule has 0 aliphatic carbocycles. The molecule has 1 atom stereocenters. The Kier molecular flexibility index (Phi) is 7.97. The smallest absolute Gasteiger partial charge is 0.282 e. The second-order valence-electron chi connectivity index (χ2n) is 5.34. The summed E-state index contributed by atoms with van der Waals surface area (Å²) < 4.78 is 13.2. The van der Waals surface area contributed by atoms with Gasteiger partial charge >= 0.3 is 0 Å². The molecule has 0 saturated heterocycles. The van der Waals surface area contributed by atoms with E-state index in [-0.39, 0.29) is 29.9 Å². The van der Waals surface area contributed by atoms with E-state index < -0.39 is 22.3 Å². The van der Waals surface area contributed by atoms with E-state index >= 15 is 0 Å². The molecule has 6 nitrogen and oxygen atoms in total. The van der Waals surface area contributed by atoms with Crippen LogP contribution in [-0.4, -0.2) is 35.4 Å². The van der Waals surface area contributed by atoms with Crippen molar-refractivity contribution in [2.75, 3.05) is 13.6 Å². The number of benzene rings is 1. The van der Waals surface area contributed by atoms with E-state index in [0.29, 0.717) is 13.0 Å². The van der Waals surface area contributed by atoms with Crippen molar-refractivity contribution in [1.82, 2.24) is 4.90 Å². The number of amides is 1. The van der Waals surface area contributed by atoms with E-state index in [2.05, 4.69) is 0 Å². The van der Waals surface area contributed by atoms with Crippen LogP contribution in [0.1, 0.15) is 30.6 Å². The molecule has 0 fully saturated rings. The minimum absolute atomic E-state index is 0. The van der Waals surface area contributed by atoms with E-state index in [1.807, 2.05) is 13.8 Å². The molecule has 0 radical (unpaired) electrons. The Morgan fingerprint density at radius 3 is 2.55 bits per heavy atom. The third-order valence-corrected chi connectivity index (χ3v) is 3.39. The first-order valence-electron chi connectivity index (χ1n) is 6.69. The summed E-state index contributed by atoms with van der Waals surface area (Å²) in [5.74, 6) is -0.995. The van der Waals surface area contributed by atoms with Crippen LogP contribution in [0, 0.1) is 21.8 Å². The predicted octanol–water partition coefficient (Wildman–Crippen LogP) is 2.60. The summed E-state index contributed by atoms with van der Waals surface area (Å²) in [6, 6.07) is 2.78. The molecular weight excluding hydrogens is 313 g/mol. The fourth-order valence-corrected chi connectivity index (χ4v) is 1.82. The van der Waals surface area contributed by atoms with Crippen molar-refractivity contribution >= 4 is 24.0 Å². The third kappa shape index (κ3) is 5.23. The fraction of sp³-hybridized carbons (Fsp3) is 0.500. The Morgan fingerprint density at radius 2 is 2.05 bits per heavy atom. The predicted molar refractivity (Wildman–Crippen MR) is 84.7 cm³/mol. The molecule has 0 saturated carbocycles. The van der Waals surface area contributed by atoms with Crippen molar-refractivity contribution in [3.05, 3.63) is 39.7 Å². The van der Waals surface area contributed by atoms with Gasteiger partial charge in [-0.15, -0.1) is 12.4 Å². The number of carbonyl (C=O) groups is 1. The molecule has 0 heterocycles. The quantitative estimate of drug-likeness (QED) is 0.640. The second-order valence-corrected chi connectivity index (χ2v) is 5.34. The summed E-state index contributed by atoms with van der Waals surface area (Å²) >= 11 is 0. The van der Waals surface area contributed by atoms with Crippen molar-refractivity contribution in [2.45, 2.75) is 26.3 Å². The molecule has 1 aromatic rings. The van der Waals surface area contributed by atoms with Gasteiger partial charge in [-0.25, -0.2) is 4.39 Å². The molecule has 8 heteroatoms. The first kappa shape index (κ1) is 20.3. The Bertz CT molecular complexity index is 540. The van der Waals surface area contributed by atoms with Gasteiger partial charge in [0.25, 0.3) is 11.6 Å². The third-order valence-electron chi connectivity index (χ3n) is 3.39. The van der Waals surface area contributed by atoms with Crippen molar-refractivity contribution in [2.24, 2.45) is 11.7 Å². The van der Waals surface area contributed by atoms with Gasteiger partial charge < -0.3 is 10.6 Å². The molecule has 1 aromatic carbocycles. The van der Waals surface area contributed by atoms with Crippen LogP contribution in [0.5, 0.6) is 0 Å². The van der Waals surface area contributed by atoms with E-state index in [1.165, 1.54) is 11.9 Å². The maximum Gasteiger partial charge on any atom is 0.282 e. The molecule has 0 aliphatic heterocycles. The van der Waals surface area contributed by atoms with Gasteiger partial charge in [-0.2, -0.15) is 0 Å². The maximum absolute atomic E-state index is 13.2. The first-order chi connectivity index (χ1) is 9.73. The zero-order valence-electron chi connectivity index (χ0n) is 12.8. The molecule has 0 bridgehead atoms. The normalized spacial score (nSPS) is 11.7. The van der Waals surface area contributed by atoms with Crippen LogP contribution >= 0.6 is 12.4 Å². The number of nitrogens with zero attached hydrogens (tertiary/aromatic N) is 2. The van der Waals surface area contributed by atoms with Crippen LogP contribution in [0.4, 0.5) is 10.1 Å². The molecule has 1 rings (SSSR count). The number of hydrogen-bond donors (Lipinski definition) is 1. The van der Waals surface area contributed by atoms with Crippen LogP contribution in [0.15, 0.2) is 18.2 Å². The molecule has 22 heavy (non-hydrogen) atoms. The molecule has 1 unspecified atom stereocenters. The molecule has 1 amide bonds. The zero-order valence-corrected chi connectivity index (χ0v) is 13.6. The topological polar surface area (TPSA) is 89.5 Å². The van der Waals surface area contributed by atoms with E-state index in [1.54, 1.807) is 0 Å². The highest BCUT2D eigenvalue weighted by Crippen LogP contribution is 2.21. The van der Waals surface area contributed by atoms with Gasteiger partial charge in [0.05, 0.1) is 4.92 Å². The SMILES string of the molecule is CC(C)C(N)CCN(C)C(=O)c1cc(F)ccc1[N+](=O)[O-].Cl. The second kappa shape index (κ2) is 8.65. The molecule has 0 aromatic heterocycles. The zero-order chi connectivity index (χ0) is 16.2. The van der Waals surface area contributed by atoms with E-state index in [4.69, 9.17) is 5.73 Å². The van der Waals surface area contributed by atoms with Crippen LogP contribution in [-0.2, 0) is 0 Å². The molecule has 2 N–H and O–H groups in total. The van der Waals surface area contributed by atoms with E-state index in [9.17, 15) is 19.3 Å². The highest BCUT2D eigenvalue weighted by molar-refractivity contribution is 5.98.